The first-order valence-electron chi connectivity index (χ1n) is 9.44. The Kier molecular flexibility index (Phi) is 5.42. The van der Waals surface area contributed by atoms with Gasteiger partial charge in [-0.2, -0.15) is 0 Å². The maximum Gasteiger partial charge on any atom is 0.497 e. The Balaban J connectivity index is 1.71. The zero-order valence-corrected chi connectivity index (χ0v) is 16.9. The summed E-state index contributed by atoms with van der Waals surface area (Å²) < 4.78 is 31.8. The van der Waals surface area contributed by atoms with Crippen molar-refractivity contribution in [3.8, 4) is 0 Å². The highest BCUT2D eigenvalue weighted by Crippen LogP contribution is 2.36. The monoisotopic (exact) mass is 392 g/mol. The van der Waals surface area contributed by atoms with Crippen molar-refractivity contribution < 1.29 is 28.0 Å². The third-order valence-electron chi connectivity index (χ3n) is 5.52. The van der Waals surface area contributed by atoms with Gasteiger partial charge in [-0.3, -0.25) is 9.69 Å². The number of hydrogen-bond donors (Lipinski definition) is 1. The van der Waals surface area contributed by atoms with Crippen molar-refractivity contribution in [2.75, 3.05) is 18.0 Å². The van der Waals surface area contributed by atoms with Gasteiger partial charge in [0.25, 0.3) is 0 Å². The summed E-state index contributed by atoms with van der Waals surface area (Å²) in [6.07, 6.45) is -0.692. The van der Waals surface area contributed by atoms with E-state index in [1.54, 1.807) is 19.1 Å². The zero-order chi connectivity index (χ0) is 20.7. The fourth-order valence-corrected chi connectivity index (χ4v) is 3.04. The molecule has 7 nitrogen and oxygen atoms in total. The highest BCUT2D eigenvalue weighted by Gasteiger charge is 2.52. The average molecular weight is 392 g/mol. The molecular formula is C19H26BFN2O5. The topological polar surface area (TPSA) is 77.1 Å². The summed E-state index contributed by atoms with van der Waals surface area (Å²) in [7, 11) is -0.818. The first-order chi connectivity index (χ1) is 13.0. The second kappa shape index (κ2) is 7.37. The lowest BCUT2D eigenvalue weighted by molar-refractivity contribution is -0.121. The molecular weight excluding hydrogens is 366 g/mol. The molecule has 2 aliphatic heterocycles. The Hall–Kier alpha value is -2.13. The Labute approximate surface area is 164 Å². The van der Waals surface area contributed by atoms with Crippen LogP contribution in [0.25, 0.3) is 0 Å². The van der Waals surface area contributed by atoms with Crippen LogP contribution in [-0.2, 0) is 18.8 Å². The fourth-order valence-electron chi connectivity index (χ4n) is 3.04. The van der Waals surface area contributed by atoms with Crippen LogP contribution in [0.5, 0.6) is 0 Å². The van der Waals surface area contributed by atoms with Gasteiger partial charge in [0.05, 0.1) is 30.0 Å². The summed E-state index contributed by atoms with van der Waals surface area (Å²) >= 11 is 0. The van der Waals surface area contributed by atoms with Crippen molar-refractivity contribution in [1.29, 1.82) is 0 Å². The van der Waals surface area contributed by atoms with E-state index in [-0.39, 0.29) is 24.5 Å². The predicted octanol–water partition coefficient (Wildman–Crippen LogP) is 1.98. The SMILES string of the molecule is CCC(=O)NC[C@H]1CN(c2ccc(B3OC(C)(C)C(C)(C)O3)c(F)c2)C(=O)O1. The molecule has 2 heterocycles. The van der Waals surface area contributed by atoms with Gasteiger partial charge >= 0.3 is 13.2 Å². The van der Waals surface area contributed by atoms with E-state index in [1.165, 1.54) is 11.0 Å². The molecule has 2 fully saturated rings. The summed E-state index contributed by atoms with van der Waals surface area (Å²) in [6.45, 7) is 9.80. The lowest BCUT2D eigenvalue weighted by Crippen LogP contribution is -2.41. The zero-order valence-electron chi connectivity index (χ0n) is 16.9. The number of nitrogens with one attached hydrogen (secondary N) is 1. The van der Waals surface area contributed by atoms with Gasteiger partial charge in [0, 0.05) is 11.9 Å². The molecule has 0 unspecified atom stereocenters. The van der Waals surface area contributed by atoms with Crippen LogP contribution in [0.15, 0.2) is 18.2 Å². The Morgan fingerprint density at radius 2 is 1.93 bits per heavy atom. The van der Waals surface area contributed by atoms with Gasteiger partial charge in [0.1, 0.15) is 11.9 Å². The van der Waals surface area contributed by atoms with Gasteiger partial charge in [0.2, 0.25) is 5.91 Å². The highest BCUT2D eigenvalue weighted by atomic mass is 19.1. The van der Waals surface area contributed by atoms with Crippen LogP contribution in [0.3, 0.4) is 0 Å². The van der Waals surface area contributed by atoms with Crippen molar-refractivity contribution in [1.82, 2.24) is 5.32 Å². The van der Waals surface area contributed by atoms with Crippen LogP contribution in [0.1, 0.15) is 41.0 Å². The number of halogens is 1. The smallest absolute Gasteiger partial charge is 0.442 e. The normalized spacial score (nSPS) is 23.1. The van der Waals surface area contributed by atoms with Crippen molar-refractivity contribution in [2.45, 2.75) is 58.3 Å². The molecule has 1 atom stereocenters. The van der Waals surface area contributed by atoms with E-state index in [4.69, 9.17) is 14.0 Å². The number of nitrogens with zero attached hydrogens (tertiary/aromatic N) is 1. The summed E-state index contributed by atoms with van der Waals surface area (Å²) in [5.41, 5.74) is -0.483. The van der Waals surface area contributed by atoms with E-state index in [1.807, 2.05) is 27.7 Å². The van der Waals surface area contributed by atoms with E-state index in [0.29, 0.717) is 12.1 Å². The number of carbonyl (C=O) groups is 2. The van der Waals surface area contributed by atoms with Gasteiger partial charge in [-0.05, 0) is 39.8 Å². The number of benzene rings is 1. The van der Waals surface area contributed by atoms with Gasteiger partial charge < -0.3 is 19.4 Å². The number of hydrogen-bond acceptors (Lipinski definition) is 5. The van der Waals surface area contributed by atoms with E-state index < -0.39 is 36.3 Å². The molecule has 2 saturated heterocycles. The fraction of sp³-hybridized carbons (Fsp3) is 0.579. The first kappa shape index (κ1) is 20.6. The van der Waals surface area contributed by atoms with Crippen LogP contribution >= 0.6 is 0 Å². The molecule has 0 saturated carbocycles. The number of carbonyl (C=O) groups excluding carboxylic acids is 2. The Morgan fingerprint density at radius 1 is 1.29 bits per heavy atom. The molecule has 9 heteroatoms. The molecule has 152 valence electrons. The summed E-state index contributed by atoms with van der Waals surface area (Å²) in [6, 6.07) is 4.47. The first-order valence-corrected chi connectivity index (χ1v) is 9.44. The lowest BCUT2D eigenvalue weighted by Gasteiger charge is -2.32. The van der Waals surface area contributed by atoms with Gasteiger partial charge in [-0.25, -0.2) is 9.18 Å². The molecule has 0 aromatic heterocycles. The van der Waals surface area contributed by atoms with E-state index >= 15 is 0 Å². The van der Waals surface area contributed by atoms with Crippen molar-refractivity contribution in [3.05, 3.63) is 24.0 Å². The van der Waals surface area contributed by atoms with Crippen molar-refractivity contribution >= 4 is 30.3 Å². The average Bonchev–Trinajstić information content (AvgIpc) is 3.08. The Bertz CT molecular complexity index is 770. The number of ether oxygens (including phenoxy) is 1. The number of anilines is 1. The van der Waals surface area contributed by atoms with Gasteiger partial charge in [0.15, 0.2) is 0 Å². The third-order valence-corrected chi connectivity index (χ3v) is 5.52. The second-order valence-electron chi connectivity index (χ2n) is 8.07. The maximum absolute atomic E-state index is 14.8. The van der Waals surface area contributed by atoms with Crippen LogP contribution in [0.2, 0.25) is 0 Å². The van der Waals surface area contributed by atoms with E-state index in [9.17, 15) is 14.0 Å². The summed E-state index contributed by atoms with van der Waals surface area (Å²) in [4.78, 5) is 24.9. The standard InChI is InChI=1S/C19H26BFN2O5/c1-6-16(24)22-10-13-11-23(17(25)26-13)12-7-8-14(15(21)9-12)20-27-18(2,3)19(4,5)28-20/h7-9,13H,6,10-11H2,1-5H3,(H,22,24)/t13-/m0/s1. The quantitative estimate of drug-likeness (QED) is 0.776. The predicted molar refractivity (Wildman–Crippen MR) is 103 cm³/mol. The molecule has 3 rings (SSSR count). The molecule has 28 heavy (non-hydrogen) atoms. The maximum atomic E-state index is 14.8. The Morgan fingerprint density at radius 3 is 2.50 bits per heavy atom. The third kappa shape index (κ3) is 3.86. The van der Waals surface area contributed by atoms with E-state index in [0.717, 1.165) is 0 Å². The minimum Gasteiger partial charge on any atom is -0.442 e. The molecule has 0 spiro atoms. The molecule has 1 N–H and O–H groups in total. The van der Waals surface area contributed by atoms with Gasteiger partial charge in [-0.1, -0.05) is 13.0 Å². The van der Waals surface area contributed by atoms with Crippen molar-refractivity contribution in [2.24, 2.45) is 0 Å². The van der Waals surface area contributed by atoms with Crippen LogP contribution in [-0.4, -0.2) is 49.5 Å². The number of rotatable bonds is 5. The minimum absolute atomic E-state index is 0.118. The molecule has 0 radical (unpaired) electrons. The molecule has 1 aromatic rings. The highest BCUT2D eigenvalue weighted by molar-refractivity contribution is 6.62. The molecule has 2 amide bonds. The second-order valence-corrected chi connectivity index (χ2v) is 8.07. The molecule has 0 bridgehead atoms. The molecule has 0 aliphatic carbocycles. The number of cyclic esters (lactones) is 1. The van der Waals surface area contributed by atoms with Crippen LogP contribution in [0.4, 0.5) is 14.9 Å². The summed E-state index contributed by atoms with van der Waals surface area (Å²) in [5.74, 6) is -0.640. The van der Waals surface area contributed by atoms with E-state index in [2.05, 4.69) is 5.32 Å². The van der Waals surface area contributed by atoms with Crippen LogP contribution < -0.4 is 15.7 Å². The van der Waals surface area contributed by atoms with Crippen LogP contribution in [0, 0.1) is 5.82 Å². The minimum atomic E-state index is -0.818. The van der Waals surface area contributed by atoms with Crippen molar-refractivity contribution in [3.63, 3.8) is 0 Å². The summed E-state index contributed by atoms with van der Waals surface area (Å²) in [5, 5.41) is 2.69. The molecule has 2 aliphatic rings. The lowest BCUT2D eigenvalue weighted by atomic mass is 9.78. The molecule has 1 aromatic carbocycles. The van der Waals surface area contributed by atoms with Gasteiger partial charge in [-0.15, -0.1) is 0 Å². The number of amides is 2. The largest absolute Gasteiger partial charge is 0.497 e.